The van der Waals surface area contributed by atoms with Gasteiger partial charge in [-0.1, -0.05) is 36.4 Å². The first-order chi connectivity index (χ1) is 8.82. The van der Waals surface area contributed by atoms with Gasteiger partial charge in [0, 0.05) is 18.6 Å². The molecule has 0 saturated heterocycles. The number of aliphatic hydroxyl groups excluding tert-OH is 1. The van der Waals surface area contributed by atoms with Crippen molar-refractivity contribution in [3.05, 3.63) is 47.5 Å². The average molecular weight is 276 g/mol. The number of benzene rings is 2. The molecule has 2 aromatic carbocycles. The Morgan fingerprint density at radius 1 is 1.05 bits per heavy atom. The SMILES string of the molecule is Cl.OCC1(N2Cc3ccc4ccccc4c3C2)CC1. The monoisotopic (exact) mass is 275 g/mol. The molecule has 0 spiro atoms. The molecule has 1 N–H and O–H groups in total. The van der Waals surface area contributed by atoms with Crippen LogP contribution in [0.15, 0.2) is 36.4 Å². The smallest absolute Gasteiger partial charge is 0.0615 e. The van der Waals surface area contributed by atoms with Gasteiger partial charge in [-0.25, -0.2) is 0 Å². The Morgan fingerprint density at radius 3 is 2.58 bits per heavy atom. The van der Waals surface area contributed by atoms with Crippen LogP contribution in [0.3, 0.4) is 0 Å². The highest BCUT2D eigenvalue weighted by Gasteiger charge is 2.49. The standard InChI is InChI=1S/C16H17NO.ClH/c18-11-16(7-8-16)17-9-13-6-5-12-3-1-2-4-14(12)15(13)10-17;/h1-6,18H,7-11H2;1H. The van der Waals surface area contributed by atoms with Crippen LogP contribution >= 0.6 is 12.4 Å². The first-order valence-electron chi connectivity index (χ1n) is 6.68. The summed E-state index contributed by atoms with van der Waals surface area (Å²) in [7, 11) is 0. The number of rotatable bonds is 2. The summed E-state index contributed by atoms with van der Waals surface area (Å²) < 4.78 is 0. The fourth-order valence-electron chi connectivity index (χ4n) is 3.22. The second-order valence-electron chi connectivity index (χ2n) is 5.66. The Morgan fingerprint density at radius 2 is 1.84 bits per heavy atom. The fourth-order valence-corrected chi connectivity index (χ4v) is 3.22. The predicted molar refractivity (Wildman–Crippen MR) is 79.5 cm³/mol. The fraction of sp³-hybridized carbons (Fsp3) is 0.375. The molecule has 0 bridgehead atoms. The van der Waals surface area contributed by atoms with Crippen LogP contribution in [0.5, 0.6) is 0 Å². The molecule has 1 heterocycles. The quantitative estimate of drug-likeness (QED) is 0.910. The molecule has 2 nitrogen and oxygen atoms in total. The zero-order valence-electron chi connectivity index (χ0n) is 10.8. The maximum Gasteiger partial charge on any atom is 0.0615 e. The molecule has 0 aromatic heterocycles. The number of nitrogens with zero attached hydrogens (tertiary/aromatic N) is 1. The normalized spacial score (nSPS) is 20.1. The van der Waals surface area contributed by atoms with E-state index in [0.29, 0.717) is 6.61 Å². The van der Waals surface area contributed by atoms with Gasteiger partial charge in [-0.15, -0.1) is 12.4 Å². The summed E-state index contributed by atoms with van der Waals surface area (Å²) in [6, 6.07) is 13.1. The van der Waals surface area contributed by atoms with Crippen molar-refractivity contribution in [1.29, 1.82) is 0 Å². The third-order valence-corrected chi connectivity index (χ3v) is 4.64. The van der Waals surface area contributed by atoms with Gasteiger partial charge >= 0.3 is 0 Å². The van der Waals surface area contributed by atoms with Crippen molar-refractivity contribution in [2.75, 3.05) is 6.61 Å². The molecule has 100 valence electrons. The molecule has 0 amide bonds. The maximum atomic E-state index is 9.57. The second kappa shape index (κ2) is 4.48. The van der Waals surface area contributed by atoms with Gasteiger partial charge in [0.1, 0.15) is 0 Å². The Hall–Kier alpha value is -1.09. The summed E-state index contributed by atoms with van der Waals surface area (Å²) in [6.45, 7) is 2.30. The van der Waals surface area contributed by atoms with E-state index in [2.05, 4.69) is 41.3 Å². The maximum absolute atomic E-state index is 9.57. The van der Waals surface area contributed by atoms with Crippen molar-refractivity contribution in [1.82, 2.24) is 4.90 Å². The third-order valence-electron chi connectivity index (χ3n) is 4.64. The van der Waals surface area contributed by atoms with Gasteiger partial charge in [0.2, 0.25) is 0 Å². The van der Waals surface area contributed by atoms with E-state index < -0.39 is 0 Å². The Labute approximate surface area is 119 Å². The average Bonchev–Trinajstić information content (AvgIpc) is 3.10. The zero-order valence-corrected chi connectivity index (χ0v) is 11.6. The summed E-state index contributed by atoms with van der Waals surface area (Å²) >= 11 is 0. The van der Waals surface area contributed by atoms with Crippen molar-refractivity contribution >= 4 is 23.2 Å². The van der Waals surface area contributed by atoms with E-state index in [4.69, 9.17) is 0 Å². The highest BCUT2D eigenvalue weighted by Crippen LogP contribution is 2.46. The Bertz CT molecular complexity index is 621. The molecule has 3 heteroatoms. The van der Waals surface area contributed by atoms with Crippen LogP contribution < -0.4 is 0 Å². The summed E-state index contributed by atoms with van der Waals surface area (Å²) in [5.74, 6) is 0. The van der Waals surface area contributed by atoms with Crippen LogP contribution in [0.25, 0.3) is 10.8 Å². The molecule has 1 saturated carbocycles. The minimum Gasteiger partial charge on any atom is -0.394 e. The van der Waals surface area contributed by atoms with Crippen LogP contribution in [0.1, 0.15) is 24.0 Å². The van der Waals surface area contributed by atoms with Crippen LogP contribution in [0, 0.1) is 0 Å². The number of fused-ring (bicyclic) bond motifs is 3. The van der Waals surface area contributed by atoms with Gasteiger partial charge in [-0.2, -0.15) is 0 Å². The molecular weight excluding hydrogens is 258 g/mol. The molecule has 0 radical (unpaired) electrons. The van der Waals surface area contributed by atoms with Crippen molar-refractivity contribution in [2.45, 2.75) is 31.5 Å². The summed E-state index contributed by atoms with van der Waals surface area (Å²) in [5.41, 5.74) is 3.00. The minimum atomic E-state index is 0. The van der Waals surface area contributed by atoms with E-state index in [1.165, 1.54) is 21.9 Å². The lowest BCUT2D eigenvalue weighted by atomic mass is 10.0. The molecule has 4 rings (SSSR count). The highest BCUT2D eigenvalue weighted by atomic mass is 35.5. The lowest BCUT2D eigenvalue weighted by molar-refractivity contribution is 0.104. The molecular formula is C16H18ClNO. The summed E-state index contributed by atoms with van der Waals surface area (Å²) in [6.07, 6.45) is 2.30. The van der Waals surface area contributed by atoms with Gasteiger partial charge in [0.15, 0.2) is 0 Å². The van der Waals surface area contributed by atoms with Crippen molar-refractivity contribution < 1.29 is 5.11 Å². The Kier molecular flexibility index (Phi) is 3.05. The van der Waals surface area contributed by atoms with E-state index in [0.717, 1.165) is 25.9 Å². The van der Waals surface area contributed by atoms with Gasteiger partial charge < -0.3 is 5.11 Å². The van der Waals surface area contributed by atoms with Crippen molar-refractivity contribution in [3.8, 4) is 0 Å². The first kappa shape index (κ1) is 12.9. The van der Waals surface area contributed by atoms with E-state index in [9.17, 15) is 5.11 Å². The lowest BCUT2D eigenvalue weighted by Gasteiger charge is -2.25. The predicted octanol–water partition coefficient (Wildman–Crippen LogP) is 3.10. The van der Waals surface area contributed by atoms with E-state index in [1.54, 1.807) is 0 Å². The zero-order chi connectivity index (χ0) is 12.2. The topological polar surface area (TPSA) is 23.5 Å². The number of hydrogen-bond acceptors (Lipinski definition) is 2. The molecule has 2 aromatic rings. The number of halogens is 1. The van der Waals surface area contributed by atoms with Crippen LogP contribution in [-0.2, 0) is 13.1 Å². The van der Waals surface area contributed by atoms with Crippen molar-refractivity contribution in [3.63, 3.8) is 0 Å². The van der Waals surface area contributed by atoms with Crippen LogP contribution in [-0.4, -0.2) is 22.2 Å². The third kappa shape index (κ3) is 1.86. The lowest BCUT2D eigenvalue weighted by Crippen LogP contribution is -2.35. The van der Waals surface area contributed by atoms with Gasteiger partial charge in [0.05, 0.1) is 6.61 Å². The largest absolute Gasteiger partial charge is 0.394 e. The summed E-state index contributed by atoms with van der Waals surface area (Å²) in [5, 5.41) is 12.3. The Balaban J connectivity index is 0.00000110. The second-order valence-corrected chi connectivity index (χ2v) is 5.66. The number of aliphatic hydroxyl groups is 1. The van der Waals surface area contributed by atoms with Crippen LogP contribution in [0.2, 0.25) is 0 Å². The number of hydrogen-bond donors (Lipinski definition) is 1. The first-order valence-corrected chi connectivity index (χ1v) is 6.68. The van der Waals surface area contributed by atoms with E-state index >= 15 is 0 Å². The highest BCUT2D eigenvalue weighted by molar-refractivity contribution is 5.87. The molecule has 2 aliphatic rings. The van der Waals surface area contributed by atoms with Gasteiger partial charge in [-0.3, -0.25) is 4.90 Å². The van der Waals surface area contributed by atoms with Crippen LogP contribution in [0.4, 0.5) is 0 Å². The minimum absolute atomic E-state index is 0. The molecule has 1 fully saturated rings. The summed E-state index contributed by atoms with van der Waals surface area (Å²) in [4.78, 5) is 2.46. The van der Waals surface area contributed by atoms with Gasteiger partial charge in [-0.05, 0) is 34.7 Å². The molecule has 0 unspecified atom stereocenters. The van der Waals surface area contributed by atoms with E-state index in [-0.39, 0.29) is 17.9 Å². The molecule has 19 heavy (non-hydrogen) atoms. The molecule has 0 atom stereocenters. The molecule has 1 aliphatic heterocycles. The van der Waals surface area contributed by atoms with Gasteiger partial charge in [0.25, 0.3) is 0 Å². The van der Waals surface area contributed by atoms with Crippen molar-refractivity contribution in [2.24, 2.45) is 0 Å². The molecule has 1 aliphatic carbocycles. The van der Waals surface area contributed by atoms with E-state index in [1.807, 2.05) is 0 Å².